The second kappa shape index (κ2) is 9.12. The van der Waals surface area contributed by atoms with Crippen molar-refractivity contribution in [2.75, 3.05) is 26.7 Å². The van der Waals surface area contributed by atoms with Crippen LogP contribution in [0.25, 0.3) is 0 Å². The Bertz CT molecular complexity index is 463. The summed E-state index contributed by atoms with van der Waals surface area (Å²) in [7, 11) is 1.43. The molecule has 0 radical (unpaired) electrons. The van der Waals surface area contributed by atoms with E-state index in [2.05, 4.69) is 9.64 Å². The lowest BCUT2D eigenvalue weighted by Crippen LogP contribution is -2.37. The maximum absolute atomic E-state index is 12.4. The molecule has 7 heteroatoms. The van der Waals surface area contributed by atoms with E-state index >= 15 is 0 Å². The van der Waals surface area contributed by atoms with Gasteiger partial charge < -0.3 is 15.2 Å². The monoisotopic (exact) mass is 336 g/mol. The molecule has 1 aliphatic rings. The van der Waals surface area contributed by atoms with Gasteiger partial charge in [0.05, 0.1) is 7.11 Å². The molecule has 0 bridgehead atoms. The number of methoxy groups -OCH3 is 1. The van der Waals surface area contributed by atoms with E-state index in [0.29, 0.717) is 24.8 Å². The van der Waals surface area contributed by atoms with E-state index < -0.39 is 6.61 Å². The Balaban J connectivity index is 0.00000242. The largest absolute Gasteiger partial charge is 0.493 e. The highest BCUT2D eigenvalue weighted by Gasteiger charge is 2.19. The van der Waals surface area contributed by atoms with Gasteiger partial charge in [-0.25, -0.2) is 0 Å². The van der Waals surface area contributed by atoms with Crippen molar-refractivity contribution < 1.29 is 18.3 Å². The summed E-state index contributed by atoms with van der Waals surface area (Å²) in [6.07, 6.45) is 2.29. The Morgan fingerprint density at radius 2 is 2.14 bits per heavy atom. The fraction of sp³-hybridized carbons (Fsp3) is 0.600. The molecule has 1 saturated heterocycles. The molecular formula is C15H23ClF2N2O2. The third kappa shape index (κ3) is 5.26. The third-order valence-electron chi connectivity index (χ3n) is 3.79. The van der Waals surface area contributed by atoms with Crippen molar-refractivity contribution in [1.82, 2.24) is 4.90 Å². The average Bonchev–Trinajstić information content (AvgIpc) is 2.47. The standard InChI is InChI=1S/C15H22F2N2O2.ClH/c1-20-13-5-4-11(7-14(13)21-15(16)17)9-19-6-2-3-12(8-18)10-19;/h4-5,7,12,15H,2-3,6,8-10,18H2,1H3;1H. The fourth-order valence-electron chi connectivity index (χ4n) is 2.75. The van der Waals surface area contributed by atoms with Crippen LogP contribution < -0.4 is 15.2 Å². The van der Waals surface area contributed by atoms with Gasteiger partial charge in [-0.1, -0.05) is 6.07 Å². The van der Waals surface area contributed by atoms with Crippen molar-refractivity contribution in [2.45, 2.75) is 26.0 Å². The third-order valence-corrected chi connectivity index (χ3v) is 3.79. The lowest BCUT2D eigenvalue weighted by molar-refractivity contribution is -0.0512. The smallest absolute Gasteiger partial charge is 0.387 e. The van der Waals surface area contributed by atoms with Crippen molar-refractivity contribution in [3.05, 3.63) is 23.8 Å². The van der Waals surface area contributed by atoms with Gasteiger partial charge in [0.1, 0.15) is 0 Å². The van der Waals surface area contributed by atoms with Crippen LogP contribution in [0.4, 0.5) is 8.78 Å². The van der Waals surface area contributed by atoms with Gasteiger partial charge in [0.2, 0.25) is 0 Å². The van der Waals surface area contributed by atoms with Gasteiger partial charge in [-0.15, -0.1) is 12.4 Å². The number of hydrogen-bond donors (Lipinski definition) is 1. The second-order valence-corrected chi connectivity index (χ2v) is 5.34. The number of benzene rings is 1. The van der Waals surface area contributed by atoms with Gasteiger partial charge in [0.15, 0.2) is 11.5 Å². The predicted molar refractivity (Wildman–Crippen MR) is 83.9 cm³/mol. The minimum absolute atomic E-state index is 0. The Morgan fingerprint density at radius 1 is 1.36 bits per heavy atom. The van der Waals surface area contributed by atoms with E-state index in [1.165, 1.54) is 7.11 Å². The highest BCUT2D eigenvalue weighted by atomic mass is 35.5. The van der Waals surface area contributed by atoms with Crippen molar-refractivity contribution >= 4 is 12.4 Å². The van der Waals surface area contributed by atoms with Gasteiger partial charge in [-0.3, -0.25) is 4.90 Å². The summed E-state index contributed by atoms with van der Waals surface area (Å²) in [5.41, 5.74) is 6.66. The second-order valence-electron chi connectivity index (χ2n) is 5.34. The van der Waals surface area contributed by atoms with Crippen LogP contribution in [0, 0.1) is 5.92 Å². The first-order chi connectivity index (χ1) is 10.1. The molecular weight excluding hydrogens is 314 g/mol. The van der Waals surface area contributed by atoms with Crippen LogP contribution in [0.5, 0.6) is 11.5 Å². The maximum Gasteiger partial charge on any atom is 0.387 e. The first-order valence-electron chi connectivity index (χ1n) is 7.16. The molecule has 1 aliphatic heterocycles. The van der Waals surface area contributed by atoms with E-state index in [-0.39, 0.29) is 18.2 Å². The number of piperidine rings is 1. The Hall–Kier alpha value is -1.11. The van der Waals surface area contributed by atoms with E-state index in [9.17, 15) is 8.78 Å². The minimum Gasteiger partial charge on any atom is -0.493 e. The topological polar surface area (TPSA) is 47.7 Å². The first-order valence-corrected chi connectivity index (χ1v) is 7.16. The molecule has 22 heavy (non-hydrogen) atoms. The molecule has 2 N–H and O–H groups in total. The zero-order valence-corrected chi connectivity index (χ0v) is 13.5. The number of hydrogen-bond acceptors (Lipinski definition) is 4. The Labute approximate surface area is 136 Å². The Morgan fingerprint density at radius 3 is 2.77 bits per heavy atom. The molecule has 1 unspecified atom stereocenters. The number of likely N-dealkylation sites (tertiary alicyclic amines) is 1. The van der Waals surface area contributed by atoms with Crippen LogP contribution >= 0.6 is 12.4 Å². The quantitative estimate of drug-likeness (QED) is 0.867. The highest BCUT2D eigenvalue weighted by Crippen LogP contribution is 2.30. The number of rotatable bonds is 6. The molecule has 126 valence electrons. The molecule has 1 fully saturated rings. The van der Waals surface area contributed by atoms with E-state index in [4.69, 9.17) is 10.5 Å². The molecule has 0 saturated carbocycles. The van der Waals surface area contributed by atoms with E-state index in [1.54, 1.807) is 12.1 Å². The normalized spacial score (nSPS) is 18.9. The first kappa shape index (κ1) is 18.9. The average molecular weight is 337 g/mol. The SMILES string of the molecule is COc1ccc(CN2CCCC(CN)C2)cc1OC(F)F.Cl. The molecule has 1 aromatic carbocycles. The summed E-state index contributed by atoms with van der Waals surface area (Å²) in [6, 6.07) is 5.16. The Kier molecular flexibility index (Phi) is 7.85. The molecule has 1 heterocycles. The molecule has 1 atom stereocenters. The van der Waals surface area contributed by atoms with Crippen molar-refractivity contribution in [3.63, 3.8) is 0 Å². The molecule has 0 aromatic heterocycles. The summed E-state index contributed by atoms with van der Waals surface area (Å²) in [5.74, 6) is 0.920. The predicted octanol–water partition coefficient (Wildman–Crippen LogP) is 2.89. The van der Waals surface area contributed by atoms with Gasteiger partial charge >= 0.3 is 6.61 Å². The summed E-state index contributed by atoms with van der Waals surface area (Å²) >= 11 is 0. The molecule has 0 aliphatic carbocycles. The molecule has 0 spiro atoms. The molecule has 1 aromatic rings. The number of nitrogens with zero attached hydrogens (tertiary/aromatic N) is 1. The summed E-state index contributed by atoms with van der Waals surface area (Å²) in [6.45, 7) is 0.505. The van der Waals surface area contributed by atoms with E-state index in [0.717, 1.165) is 31.5 Å². The van der Waals surface area contributed by atoms with E-state index in [1.807, 2.05) is 6.07 Å². The number of nitrogens with two attached hydrogens (primary N) is 1. The maximum atomic E-state index is 12.4. The highest BCUT2D eigenvalue weighted by molar-refractivity contribution is 5.85. The fourth-order valence-corrected chi connectivity index (χ4v) is 2.75. The van der Waals surface area contributed by atoms with Crippen molar-refractivity contribution in [1.29, 1.82) is 0 Å². The zero-order valence-electron chi connectivity index (χ0n) is 12.6. The number of alkyl halides is 2. The number of halogens is 3. The van der Waals surface area contributed by atoms with Gasteiger partial charge in [0.25, 0.3) is 0 Å². The van der Waals surface area contributed by atoms with Gasteiger partial charge in [-0.2, -0.15) is 8.78 Å². The van der Waals surface area contributed by atoms with Crippen LogP contribution in [0.2, 0.25) is 0 Å². The van der Waals surface area contributed by atoms with Gasteiger partial charge in [0, 0.05) is 13.1 Å². The lowest BCUT2D eigenvalue weighted by atomic mass is 9.98. The van der Waals surface area contributed by atoms with Crippen molar-refractivity contribution in [2.24, 2.45) is 11.7 Å². The lowest BCUT2D eigenvalue weighted by Gasteiger charge is -2.32. The molecule has 2 rings (SSSR count). The van der Waals surface area contributed by atoms with Gasteiger partial charge in [-0.05, 0) is 49.5 Å². The van der Waals surface area contributed by atoms with Crippen LogP contribution in [0.3, 0.4) is 0 Å². The van der Waals surface area contributed by atoms with Crippen LogP contribution in [-0.4, -0.2) is 38.3 Å². The summed E-state index contributed by atoms with van der Waals surface area (Å²) < 4.78 is 34.4. The van der Waals surface area contributed by atoms with Crippen LogP contribution in [0.1, 0.15) is 18.4 Å². The van der Waals surface area contributed by atoms with Crippen molar-refractivity contribution in [3.8, 4) is 11.5 Å². The minimum atomic E-state index is -2.86. The molecule has 0 amide bonds. The van der Waals surface area contributed by atoms with Crippen LogP contribution in [-0.2, 0) is 6.54 Å². The van der Waals surface area contributed by atoms with Crippen LogP contribution in [0.15, 0.2) is 18.2 Å². The number of ether oxygens (including phenoxy) is 2. The summed E-state index contributed by atoms with van der Waals surface area (Å²) in [5, 5.41) is 0. The molecule has 4 nitrogen and oxygen atoms in total. The summed E-state index contributed by atoms with van der Waals surface area (Å²) in [4.78, 5) is 2.30. The zero-order chi connectivity index (χ0) is 15.2.